The molecule has 0 atom stereocenters. The molecule has 124 valence electrons. The fourth-order valence-electron chi connectivity index (χ4n) is 2.63. The second-order valence-corrected chi connectivity index (χ2v) is 7.50. The standard InChI is InChI=1S/C15H13N3O5S/c1-7-3-4-9(10(5-7)24(2,22)23)18-11(19)6-8-12(13(18)16)15(21)17-14(8)20/h3-6H,16H2,1-2H3,(H,17,20,21). The third-order valence-corrected chi connectivity index (χ3v) is 4.83. The van der Waals surface area contributed by atoms with E-state index >= 15 is 0 Å². The normalized spacial score (nSPS) is 13.8. The highest BCUT2D eigenvalue weighted by atomic mass is 32.2. The molecule has 1 aliphatic heterocycles. The molecule has 3 N–H and O–H groups in total. The summed E-state index contributed by atoms with van der Waals surface area (Å²) in [5.41, 5.74) is 5.67. The summed E-state index contributed by atoms with van der Waals surface area (Å²) < 4.78 is 25.0. The molecule has 2 aromatic rings. The Labute approximate surface area is 136 Å². The number of benzene rings is 1. The molecule has 3 rings (SSSR count). The SMILES string of the molecule is Cc1ccc(-n2c(N)c3c(cc2=O)C(=O)NC3=O)c(S(C)(=O)=O)c1. The van der Waals surface area contributed by atoms with Gasteiger partial charge < -0.3 is 5.73 Å². The van der Waals surface area contributed by atoms with Crippen molar-refractivity contribution in [1.29, 1.82) is 0 Å². The van der Waals surface area contributed by atoms with Gasteiger partial charge in [-0.1, -0.05) is 6.07 Å². The Morgan fingerprint density at radius 2 is 1.75 bits per heavy atom. The van der Waals surface area contributed by atoms with Crippen molar-refractivity contribution in [2.24, 2.45) is 0 Å². The van der Waals surface area contributed by atoms with E-state index < -0.39 is 27.2 Å². The van der Waals surface area contributed by atoms with Crippen LogP contribution in [0.4, 0.5) is 5.82 Å². The van der Waals surface area contributed by atoms with E-state index in [0.29, 0.717) is 5.56 Å². The number of hydrogen-bond acceptors (Lipinski definition) is 6. The first-order valence-corrected chi connectivity index (χ1v) is 8.72. The van der Waals surface area contributed by atoms with Crippen molar-refractivity contribution in [3.8, 4) is 5.69 Å². The quantitative estimate of drug-likeness (QED) is 0.737. The van der Waals surface area contributed by atoms with E-state index in [-0.39, 0.29) is 27.5 Å². The number of nitrogens with one attached hydrogen (secondary N) is 1. The third kappa shape index (κ3) is 2.29. The van der Waals surface area contributed by atoms with Crippen molar-refractivity contribution in [1.82, 2.24) is 9.88 Å². The molecular weight excluding hydrogens is 334 g/mol. The van der Waals surface area contributed by atoms with Gasteiger partial charge in [-0.05, 0) is 24.6 Å². The summed E-state index contributed by atoms with van der Waals surface area (Å²) in [6.45, 7) is 1.71. The number of rotatable bonds is 2. The summed E-state index contributed by atoms with van der Waals surface area (Å²) in [6, 6.07) is 5.44. The van der Waals surface area contributed by atoms with E-state index in [4.69, 9.17) is 5.73 Å². The lowest BCUT2D eigenvalue weighted by Gasteiger charge is -2.15. The first-order chi connectivity index (χ1) is 11.1. The van der Waals surface area contributed by atoms with Gasteiger partial charge in [0.1, 0.15) is 5.82 Å². The lowest BCUT2D eigenvalue weighted by Crippen LogP contribution is -2.25. The maximum absolute atomic E-state index is 12.4. The zero-order chi connectivity index (χ0) is 17.8. The number of anilines is 1. The van der Waals surface area contributed by atoms with Gasteiger partial charge in [0.05, 0.1) is 21.7 Å². The minimum absolute atomic E-state index is 0.0283. The average Bonchev–Trinajstić information content (AvgIpc) is 2.74. The van der Waals surface area contributed by atoms with E-state index in [1.54, 1.807) is 13.0 Å². The van der Waals surface area contributed by atoms with E-state index in [1.807, 2.05) is 0 Å². The fraction of sp³-hybridized carbons (Fsp3) is 0.133. The second kappa shape index (κ2) is 5.03. The van der Waals surface area contributed by atoms with Gasteiger partial charge in [-0.15, -0.1) is 0 Å². The Kier molecular flexibility index (Phi) is 3.34. The predicted molar refractivity (Wildman–Crippen MR) is 86.1 cm³/mol. The lowest BCUT2D eigenvalue weighted by atomic mass is 10.1. The molecule has 2 amide bonds. The van der Waals surface area contributed by atoms with E-state index in [9.17, 15) is 22.8 Å². The molecule has 2 heterocycles. The number of sulfone groups is 1. The van der Waals surface area contributed by atoms with Crippen molar-refractivity contribution < 1.29 is 18.0 Å². The van der Waals surface area contributed by atoms with Crippen molar-refractivity contribution in [3.05, 3.63) is 51.3 Å². The van der Waals surface area contributed by atoms with Crippen LogP contribution in [0.3, 0.4) is 0 Å². The second-order valence-electron chi connectivity index (χ2n) is 5.52. The summed E-state index contributed by atoms with van der Waals surface area (Å²) in [6.07, 6.45) is 1.01. The molecule has 0 bridgehead atoms. The Bertz CT molecular complexity index is 1080. The van der Waals surface area contributed by atoms with Gasteiger partial charge in [0, 0.05) is 12.3 Å². The summed E-state index contributed by atoms with van der Waals surface area (Å²) >= 11 is 0. The minimum atomic E-state index is -3.66. The zero-order valence-corrected chi connectivity index (χ0v) is 13.6. The van der Waals surface area contributed by atoms with Crippen LogP contribution in [0.25, 0.3) is 5.69 Å². The van der Waals surface area contributed by atoms with Gasteiger partial charge >= 0.3 is 0 Å². The van der Waals surface area contributed by atoms with Crippen LogP contribution in [0.1, 0.15) is 26.3 Å². The number of nitrogen functional groups attached to an aromatic ring is 1. The number of amides is 2. The fourth-order valence-corrected chi connectivity index (χ4v) is 3.57. The Morgan fingerprint density at radius 1 is 1.08 bits per heavy atom. The third-order valence-electron chi connectivity index (χ3n) is 3.71. The number of pyridine rings is 1. The Hall–Kier alpha value is -2.94. The summed E-state index contributed by atoms with van der Waals surface area (Å²) in [7, 11) is -3.66. The Morgan fingerprint density at radius 3 is 2.38 bits per heavy atom. The number of imide groups is 1. The Balaban J connectivity index is 2.43. The molecule has 0 spiro atoms. The van der Waals surface area contributed by atoms with Crippen molar-refractivity contribution >= 4 is 27.5 Å². The topological polar surface area (TPSA) is 128 Å². The number of nitrogens with two attached hydrogens (primary N) is 1. The molecule has 1 aromatic carbocycles. The summed E-state index contributed by atoms with van der Waals surface area (Å²) in [5, 5.41) is 2.05. The van der Waals surface area contributed by atoms with Gasteiger partial charge in [0.15, 0.2) is 9.84 Å². The molecule has 0 saturated carbocycles. The van der Waals surface area contributed by atoms with E-state index in [0.717, 1.165) is 16.9 Å². The number of carbonyl (C=O) groups is 2. The van der Waals surface area contributed by atoms with Crippen LogP contribution in [0, 0.1) is 6.92 Å². The maximum Gasteiger partial charge on any atom is 0.262 e. The molecule has 1 aromatic heterocycles. The molecule has 24 heavy (non-hydrogen) atoms. The number of aryl methyl sites for hydroxylation is 1. The van der Waals surface area contributed by atoms with Crippen LogP contribution in [0.2, 0.25) is 0 Å². The molecular formula is C15H13N3O5S. The number of carbonyl (C=O) groups excluding carboxylic acids is 2. The zero-order valence-electron chi connectivity index (χ0n) is 12.8. The average molecular weight is 347 g/mol. The van der Waals surface area contributed by atoms with Gasteiger partial charge in [-0.2, -0.15) is 0 Å². The predicted octanol–water partition coefficient (Wildman–Crippen LogP) is 0.0152. The molecule has 0 fully saturated rings. The van der Waals surface area contributed by atoms with E-state index in [2.05, 4.69) is 5.32 Å². The smallest absolute Gasteiger partial charge is 0.262 e. The largest absolute Gasteiger partial charge is 0.384 e. The molecule has 8 nitrogen and oxygen atoms in total. The molecule has 0 unspecified atom stereocenters. The molecule has 0 radical (unpaired) electrons. The molecule has 0 aliphatic carbocycles. The van der Waals surface area contributed by atoms with Crippen LogP contribution in [-0.4, -0.2) is 31.1 Å². The van der Waals surface area contributed by atoms with Crippen LogP contribution in [0.15, 0.2) is 34.0 Å². The number of hydrogen-bond donors (Lipinski definition) is 2. The van der Waals surface area contributed by atoms with Crippen LogP contribution in [-0.2, 0) is 9.84 Å². The maximum atomic E-state index is 12.4. The monoisotopic (exact) mass is 347 g/mol. The van der Waals surface area contributed by atoms with Gasteiger partial charge in [-0.25, -0.2) is 8.42 Å². The van der Waals surface area contributed by atoms with Crippen LogP contribution >= 0.6 is 0 Å². The minimum Gasteiger partial charge on any atom is -0.384 e. The van der Waals surface area contributed by atoms with Gasteiger partial charge in [0.2, 0.25) is 0 Å². The van der Waals surface area contributed by atoms with Gasteiger partial charge in [0.25, 0.3) is 17.4 Å². The summed E-state index contributed by atoms with van der Waals surface area (Å²) in [4.78, 5) is 35.9. The molecule has 0 saturated heterocycles. The van der Waals surface area contributed by atoms with E-state index in [1.165, 1.54) is 12.1 Å². The lowest BCUT2D eigenvalue weighted by molar-refractivity contribution is 0.0880. The van der Waals surface area contributed by atoms with Crippen molar-refractivity contribution in [3.63, 3.8) is 0 Å². The highest BCUT2D eigenvalue weighted by Gasteiger charge is 2.32. The van der Waals surface area contributed by atoms with Crippen molar-refractivity contribution in [2.45, 2.75) is 11.8 Å². The van der Waals surface area contributed by atoms with Crippen LogP contribution < -0.4 is 16.6 Å². The van der Waals surface area contributed by atoms with Crippen LogP contribution in [0.5, 0.6) is 0 Å². The molecule has 9 heteroatoms. The van der Waals surface area contributed by atoms with Gasteiger partial charge in [-0.3, -0.25) is 24.3 Å². The molecule has 1 aliphatic rings. The van der Waals surface area contributed by atoms with Crippen molar-refractivity contribution in [2.75, 3.05) is 12.0 Å². The first kappa shape index (κ1) is 15.9. The highest BCUT2D eigenvalue weighted by molar-refractivity contribution is 7.90. The number of nitrogens with zero attached hydrogens (tertiary/aromatic N) is 1. The number of fused-ring (bicyclic) bond motifs is 1. The summed E-state index contributed by atoms with van der Waals surface area (Å²) in [5.74, 6) is -1.72. The first-order valence-electron chi connectivity index (χ1n) is 6.83. The highest BCUT2D eigenvalue weighted by Crippen LogP contribution is 2.27. The number of aromatic nitrogens is 1.